The predicted octanol–water partition coefficient (Wildman–Crippen LogP) is 2.45. The second-order valence-electron chi connectivity index (χ2n) is 5.00. The Hall–Kier alpha value is -0.930. The summed E-state index contributed by atoms with van der Waals surface area (Å²) in [6.07, 6.45) is 3.96. The van der Waals surface area contributed by atoms with Crippen molar-refractivity contribution in [1.82, 2.24) is 5.32 Å². The number of halogens is 1. The molecule has 1 aromatic rings. The fourth-order valence-corrected chi connectivity index (χ4v) is 3.34. The number of ether oxygens (including phenoxy) is 2. The van der Waals surface area contributed by atoms with E-state index in [1.54, 1.807) is 0 Å². The van der Waals surface area contributed by atoms with Crippen LogP contribution >= 0.6 is 12.4 Å². The van der Waals surface area contributed by atoms with E-state index in [1.165, 1.54) is 24.8 Å². The minimum Gasteiger partial charge on any atom is -0.454 e. The van der Waals surface area contributed by atoms with Gasteiger partial charge in [-0.15, -0.1) is 12.4 Å². The van der Waals surface area contributed by atoms with Crippen molar-refractivity contribution in [2.45, 2.75) is 37.3 Å². The molecule has 4 rings (SSSR count). The average Bonchev–Trinajstić information content (AvgIpc) is 3.03. The maximum Gasteiger partial charge on any atom is 0.231 e. The molecule has 0 aliphatic carbocycles. The van der Waals surface area contributed by atoms with Crippen LogP contribution in [0.5, 0.6) is 11.5 Å². The van der Waals surface area contributed by atoms with Crippen LogP contribution in [0.1, 0.15) is 30.7 Å². The fourth-order valence-electron chi connectivity index (χ4n) is 3.34. The highest BCUT2D eigenvalue weighted by molar-refractivity contribution is 5.85. The van der Waals surface area contributed by atoms with E-state index >= 15 is 0 Å². The van der Waals surface area contributed by atoms with Crippen molar-refractivity contribution >= 4 is 12.4 Å². The first kappa shape index (κ1) is 11.2. The summed E-state index contributed by atoms with van der Waals surface area (Å²) < 4.78 is 10.8. The molecule has 0 amide bonds. The van der Waals surface area contributed by atoms with Gasteiger partial charge in [0.15, 0.2) is 11.5 Å². The predicted molar refractivity (Wildman–Crippen MR) is 67.1 cm³/mol. The Balaban J connectivity index is 0.000000902. The summed E-state index contributed by atoms with van der Waals surface area (Å²) in [6, 6.07) is 7.84. The van der Waals surface area contributed by atoms with Crippen LogP contribution in [-0.2, 0) is 0 Å². The van der Waals surface area contributed by atoms with E-state index in [-0.39, 0.29) is 12.4 Å². The highest BCUT2D eigenvalue weighted by Crippen LogP contribution is 2.43. The molecule has 3 atom stereocenters. The number of benzene rings is 1. The Morgan fingerprint density at radius 2 is 2.00 bits per heavy atom. The van der Waals surface area contributed by atoms with Gasteiger partial charge in [-0.3, -0.25) is 0 Å². The van der Waals surface area contributed by atoms with Gasteiger partial charge >= 0.3 is 0 Å². The van der Waals surface area contributed by atoms with Crippen molar-refractivity contribution in [3.05, 3.63) is 23.8 Å². The number of fused-ring (bicyclic) bond motifs is 3. The summed E-state index contributed by atoms with van der Waals surface area (Å²) in [5, 5.41) is 3.67. The first-order valence-corrected chi connectivity index (χ1v) is 6.06. The van der Waals surface area contributed by atoms with E-state index in [9.17, 15) is 0 Å². The highest BCUT2D eigenvalue weighted by atomic mass is 35.5. The third-order valence-corrected chi connectivity index (χ3v) is 4.12. The van der Waals surface area contributed by atoms with Gasteiger partial charge < -0.3 is 14.8 Å². The van der Waals surface area contributed by atoms with Gasteiger partial charge in [-0.05, 0) is 37.0 Å². The lowest BCUT2D eigenvalue weighted by Gasteiger charge is -2.20. The maximum atomic E-state index is 5.44. The SMILES string of the molecule is Cl.c1cc2c(cc1C1CC3CCC1N3)OCO2. The number of hydrogen-bond acceptors (Lipinski definition) is 3. The average molecular weight is 254 g/mol. The lowest BCUT2D eigenvalue weighted by molar-refractivity contribution is 0.174. The van der Waals surface area contributed by atoms with Gasteiger partial charge in [0.2, 0.25) is 6.79 Å². The molecule has 3 aliphatic heterocycles. The molecule has 17 heavy (non-hydrogen) atoms. The summed E-state index contributed by atoms with van der Waals surface area (Å²) in [6.45, 7) is 0.369. The van der Waals surface area contributed by atoms with Crippen LogP contribution in [0.2, 0.25) is 0 Å². The van der Waals surface area contributed by atoms with Crippen molar-refractivity contribution in [2.75, 3.05) is 6.79 Å². The molecule has 2 saturated heterocycles. The minimum absolute atomic E-state index is 0. The Bertz CT molecular complexity index is 437. The molecule has 0 radical (unpaired) electrons. The monoisotopic (exact) mass is 253 g/mol. The minimum atomic E-state index is 0. The quantitative estimate of drug-likeness (QED) is 0.834. The van der Waals surface area contributed by atoms with Crippen molar-refractivity contribution in [3.8, 4) is 11.5 Å². The van der Waals surface area contributed by atoms with E-state index < -0.39 is 0 Å². The second kappa shape index (κ2) is 4.07. The van der Waals surface area contributed by atoms with Crippen LogP contribution in [0.4, 0.5) is 0 Å². The van der Waals surface area contributed by atoms with Crippen LogP contribution in [0.15, 0.2) is 18.2 Å². The largest absolute Gasteiger partial charge is 0.454 e. The topological polar surface area (TPSA) is 30.5 Å². The normalized spacial score (nSPS) is 32.6. The van der Waals surface area contributed by atoms with E-state index in [0.717, 1.165) is 17.5 Å². The molecule has 0 aromatic heterocycles. The molecule has 0 saturated carbocycles. The molecular formula is C13H16ClNO2. The summed E-state index contributed by atoms with van der Waals surface area (Å²) in [7, 11) is 0. The van der Waals surface area contributed by atoms with Gasteiger partial charge in [0.05, 0.1) is 0 Å². The third-order valence-electron chi connectivity index (χ3n) is 4.12. The molecule has 92 valence electrons. The zero-order valence-electron chi connectivity index (χ0n) is 9.52. The molecule has 0 spiro atoms. The molecule has 2 fully saturated rings. The molecule has 3 nitrogen and oxygen atoms in total. The first-order chi connectivity index (χ1) is 7.90. The van der Waals surface area contributed by atoms with Crippen LogP contribution < -0.4 is 14.8 Å². The number of rotatable bonds is 1. The standard InChI is InChI=1S/C13H15NO2.ClH/c1-4-12-13(16-7-15-12)5-8(1)10-6-9-2-3-11(10)14-9;/h1,4-5,9-11,14H,2-3,6-7H2;1H. The van der Waals surface area contributed by atoms with Gasteiger partial charge in [-0.2, -0.15) is 0 Å². The van der Waals surface area contributed by atoms with Crippen LogP contribution in [0.25, 0.3) is 0 Å². The summed E-state index contributed by atoms with van der Waals surface area (Å²) in [5.41, 5.74) is 1.41. The Kier molecular flexibility index (Phi) is 2.68. The molecule has 4 heteroatoms. The first-order valence-electron chi connectivity index (χ1n) is 6.06. The molecular weight excluding hydrogens is 238 g/mol. The Morgan fingerprint density at radius 1 is 1.12 bits per heavy atom. The van der Waals surface area contributed by atoms with E-state index in [1.807, 2.05) is 6.07 Å². The van der Waals surface area contributed by atoms with Crippen molar-refractivity contribution in [3.63, 3.8) is 0 Å². The highest BCUT2D eigenvalue weighted by Gasteiger charge is 2.39. The fraction of sp³-hybridized carbons (Fsp3) is 0.538. The lowest BCUT2D eigenvalue weighted by atomic mass is 9.84. The molecule has 1 aromatic carbocycles. The molecule has 2 bridgehead atoms. The Labute approximate surface area is 107 Å². The summed E-state index contributed by atoms with van der Waals surface area (Å²) >= 11 is 0. The van der Waals surface area contributed by atoms with Crippen LogP contribution in [-0.4, -0.2) is 18.9 Å². The van der Waals surface area contributed by atoms with Gasteiger partial charge in [0.1, 0.15) is 0 Å². The van der Waals surface area contributed by atoms with Gasteiger partial charge in [-0.25, -0.2) is 0 Å². The maximum absolute atomic E-state index is 5.44. The smallest absolute Gasteiger partial charge is 0.231 e. The molecule has 3 unspecified atom stereocenters. The summed E-state index contributed by atoms with van der Waals surface area (Å²) in [4.78, 5) is 0. The van der Waals surface area contributed by atoms with E-state index in [4.69, 9.17) is 9.47 Å². The van der Waals surface area contributed by atoms with Crippen LogP contribution in [0.3, 0.4) is 0 Å². The van der Waals surface area contributed by atoms with E-state index in [0.29, 0.717) is 18.8 Å². The molecule has 3 heterocycles. The lowest BCUT2D eigenvalue weighted by Crippen LogP contribution is -2.21. The molecule has 3 aliphatic rings. The van der Waals surface area contributed by atoms with E-state index in [2.05, 4.69) is 17.4 Å². The van der Waals surface area contributed by atoms with Gasteiger partial charge in [0, 0.05) is 18.0 Å². The van der Waals surface area contributed by atoms with Gasteiger partial charge in [0.25, 0.3) is 0 Å². The third kappa shape index (κ3) is 1.69. The summed E-state index contributed by atoms with van der Waals surface area (Å²) in [5.74, 6) is 2.48. The number of hydrogen-bond donors (Lipinski definition) is 1. The zero-order valence-corrected chi connectivity index (χ0v) is 10.3. The van der Waals surface area contributed by atoms with Gasteiger partial charge in [-0.1, -0.05) is 6.07 Å². The number of nitrogens with one attached hydrogen (secondary N) is 1. The van der Waals surface area contributed by atoms with Crippen molar-refractivity contribution < 1.29 is 9.47 Å². The Morgan fingerprint density at radius 3 is 2.76 bits per heavy atom. The second-order valence-corrected chi connectivity index (χ2v) is 5.00. The van der Waals surface area contributed by atoms with Crippen molar-refractivity contribution in [2.24, 2.45) is 0 Å². The van der Waals surface area contributed by atoms with Crippen LogP contribution in [0, 0.1) is 0 Å². The molecule has 1 N–H and O–H groups in total. The van der Waals surface area contributed by atoms with Crippen molar-refractivity contribution in [1.29, 1.82) is 0 Å². The zero-order chi connectivity index (χ0) is 10.5.